The maximum atomic E-state index is 13.4. The van der Waals surface area contributed by atoms with Gasteiger partial charge in [0.1, 0.15) is 23.5 Å². The van der Waals surface area contributed by atoms with E-state index in [2.05, 4.69) is 9.97 Å². The van der Waals surface area contributed by atoms with E-state index in [1.165, 1.54) is 17.6 Å². The molecule has 2 aromatic rings. The van der Waals surface area contributed by atoms with E-state index in [9.17, 15) is 19.8 Å². The molecule has 1 aliphatic heterocycles. The number of methoxy groups -OCH3 is 1. The van der Waals surface area contributed by atoms with E-state index in [4.69, 9.17) is 18.6 Å². The first kappa shape index (κ1) is 45.8. The van der Waals surface area contributed by atoms with E-state index in [-0.39, 0.29) is 23.9 Å². The summed E-state index contributed by atoms with van der Waals surface area (Å²) < 4.78 is 23.2. The second-order valence-corrected chi connectivity index (χ2v) is 15.6. The molecule has 0 unspecified atom stereocenters. The van der Waals surface area contributed by atoms with Gasteiger partial charge in [0.2, 0.25) is 0 Å². The number of thiazole rings is 1. The molecule has 12 heteroatoms. The lowest BCUT2D eigenvalue weighted by atomic mass is 9.79. The molecule has 56 heavy (non-hydrogen) atoms. The minimum Gasteiger partial charge on any atom is -0.457 e. The third kappa shape index (κ3) is 13.5. The van der Waals surface area contributed by atoms with Crippen molar-refractivity contribution in [1.29, 1.82) is 0 Å². The number of ether oxygens (including phenoxy) is 3. The first-order chi connectivity index (χ1) is 26.6. The van der Waals surface area contributed by atoms with Crippen LogP contribution in [0.25, 0.3) is 6.08 Å². The van der Waals surface area contributed by atoms with Gasteiger partial charge in [-0.15, -0.1) is 11.3 Å². The number of hydrogen-bond donors (Lipinski definition) is 2. The molecule has 11 nitrogen and oxygen atoms in total. The number of carbonyl (C=O) groups excluding carboxylic acids is 2. The molecule has 4 bridgehead atoms. The Kier molecular flexibility index (Phi) is 18.1. The Morgan fingerprint density at radius 1 is 0.857 bits per heavy atom. The number of rotatable bonds is 7. The summed E-state index contributed by atoms with van der Waals surface area (Å²) in [6.07, 6.45) is 28.2. The minimum atomic E-state index is -0.870. The SMILES string of the molecule is C/C=C/[C@H](O)C(C)(C)[C@@H]1C/C=C\N(C)[C@H](C)/C=C/C=C\c2nc(cs2)C(=O)O[C@H](C(C)(C)[C@@H](O)/C=C/C)C\C=C/C=C\C=C\[C@H](OC)Cc2nc(co2)C(=O)O1. The zero-order valence-electron chi connectivity index (χ0n) is 34.1. The molecule has 0 fully saturated rings. The molecule has 2 aromatic heterocycles. The summed E-state index contributed by atoms with van der Waals surface area (Å²) in [5.41, 5.74) is -1.41. The molecule has 3 rings (SSSR count). The molecule has 1 aliphatic rings. The summed E-state index contributed by atoms with van der Waals surface area (Å²) in [6.45, 7) is 13.1. The van der Waals surface area contributed by atoms with Gasteiger partial charge in [0.25, 0.3) is 0 Å². The highest BCUT2D eigenvalue weighted by Crippen LogP contribution is 2.33. The molecular weight excluding hydrogens is 731 g/mol. The molecule has 3 heterocycles. The molecule has 6 atom stereocenters. The summed E-state index contributed by atoms with van der Waals surface area (Å²) in [4.78, 5) is 37.6. The molecule has 0 radical (unpaired) electrons. The molecule has 304 valence electrons. The van der Waals surface area contributed by atoms with Crippen LogP contribution in [-0.4, -0.2) is 87.7 Å². The van der Waals surface area contributed by atoms with Gasteiger partial charge in [-0.25, -0.2) is 19.6 Å². The lowest BCUT2D eigenvalue weighted by Crippen LogP contribution is -2.42. The molecule has 0 aliphatic carbocycles. The van der Waals surface area contributed by atoms with Crippen LogP contribution < -0.4 is 0 Å². The molecule has 0 amide bonds. The first-order valence-corrected chi connectivity index (χ1v) is 19.7. The summed E-state index contributed by atoms with van der Waals surface area (Å²) in [7, 11) is 3.51. The fourth-order valence-electron chi connectivity index (χ4n) is 5.57. The Morgan fingerprint density at radius 3 is 2.07 bits per heavy atom. The highest BCUT2D eigenvalue weighted by atomic mass is 32.1. The van der Waals surface area contributed by atoms with Crippen LogP contribution in [0.3, 0.4) is 0 Å². The lowest BCUT2D eigenvalue weighted by molar-refractivity contribution is -0.0461. The van der Waals surface area contributed by atoms with Crippen LogP contribution in [0.4, 0.5) is 0 Å². The van der Waals surface area contributed by atoms with Gasteiger partial charge in [0.15, 0.2) is 17.3 Å². The average molecular weight is 790 g/mol. The van der Waals surface area contributed by atoms with Gasteiger partial charge in [0.05, 0.1) is 24.7 Å². The van der Waals surface area contributed by atoms with E-state index < -0.39 is 53.3 Å². The second kappa shape index (κ2) is 22.2. The predicted octanol–water partition coefficient (Wildman–Crippen LogP) is 8.23. The Hall–Kier alpha value is -4.62. The number of hydrogen-bond acceptors (Lipinski definition) is 12. The number of aliphatic hydroxyl groups excluding tert-OH is 2. The van der Waals surface area contributed by atoms with E-state index in [1.807, 2.05) is 133 Å². The van der Waals surface area contributed by atoms with E-state index in [0.717, 1.165) is 0 Å². The van der Waals surface area contributed by atoms with Crippen molar-refractivity contribution in [2.75, 3.05) is 14.2 Å². The maximum Gasteiger partial charge on any atom is 0.360 e. The normalized spacial score (nSPS) is 26.2. The van der Waals surface area contributed by atoms with Gasteiger partial charge in [-0.05, 0) is 33.0 Å². The fraction of sp³-hybridized carbons (Fsp3) is 0.455. The Balaban J connectivity index is 1.93. The molecule has 0 aromatic carbocycles. The van der Waals surface area contributed by atoms with Crippen molar-refractivity contribution in [3.8, 4) is 0 Å². The molecule has 0 saturated heterocycles. The molecule has 0 spiro atoms. The fourth-order valence-corrected chi connectivity index (χ4v) is 6.26. The van der Waals surface area contributed by atoms with Crippen molar-refractivity contribution in [3.05, 3.63) is 125 Å². The van der Waals surface area contributed by atoms with Gasteiger partial charge in [-0.3, -0.25) is 0 Å². The molecular formula is C44H59N3O8S. The molecule has 2 N–H and O–H groups in total. The summed E-state index contributed by atoms with van der Waals surface area (Å²) >= 11 is 1.33. The number of aliphatic hydroxyl groups is 2. The van der Waals surface area contributed by atoms with Gasteiger partial charge < -0.3 is 33.7 Å². The number of cyclic esters (lactones) is 2. The minimum absolute atomic E-state index is 0.00255. The lowest BCUT2D eigenvalue weighted by Gasteiger charge is -2.36. The van der Waals surface area contributed by atoms with Crippen LogP contribution in [-0.2, 0) is 20.6 Å². The number of aromatic nitrogens is 2. The zero-order valence-corrected chi connectivity index (χ0v) is 34.9. The van der Waals surface area contributed by atoms with Crippen LogP contribution in [0.2, 0.25) is 0 Å². The van der Waals surface area contributed by atoms with Crippen molar-refractivity contribution in [2.24, 2.45) is 10.8 Å². The van der Waals surface area contributed by atoms with E-state index in [1.54, 1.807) is 36.8 Å². The number of carbonyl (C=O) groups is 2. The average Bonchev–Trinajstić information content (AvgIpc) is 3.84. The summed E-state index contributed by atoms with van der Waals surface area (Å²) in [5, 5.41) is 24.2. The van der Waals surface area contributed by atoms with Crippen molar-refractivity contribution in [3.63, 3.8) is 0 Å². The summed E-state index contributed by atoms with van der Waals surface area (Å²) in [6, 6.07) is 0.00255. The number of allylic oxidation sites excluding steroid dienone is 8. The van der Waals surface area contributed by atoms with Crippen molar-refractivity contribution >= 4 is 29.4 Å². The van der Waals surface area contributed by atoms with Crippen molar-refractivity contribution < 1.29 is 38.4 Å². The van der Waals surface area contributed by atoms with Gasteiger partial charge >= 0.3 is 11.9 Å². The number of likely N-dealkylation sites (N-methyl/N-ethyl adjacent to an activating group) is 1. The van der Waals surface area contributed by atoms with Gasteiger partial charge in [-0.1, -0.05) is 113 Å². The number of fused-ring (bicyclic) bond motifs is 4. The highest BCUT2D eigenvalue weighted by molar-refractivity contribution is 7.10. The number of nitrogens with zero attached hydrogens (tertiary/aromatic N) is 3. The topological polar surface area (TPSA) is 144 Å². The third-order valence-corrected chi connectivity index (χ3v) is 10.6. The zero-order chi connectivity index (χ0) is 41.3. The van der Waals surface area contributed by atoms with E-state index >= 15 is 0 Å². The van der Waals surface area contributed by atoms with E-state index in [0.29, 0.717) is 23.7 Å². The number of oxazole rings is 1. The van der Waals surface area contributed by atoms with Crippen LogP contribution >= 0.6 is 11.3 Å². The monoisotopic (exact) mass is 789 g/mol. The van der Waals surface area contributed by atoms with Crippen molar-refractivity contribution in [1.82, 2.24) is 14.9 Å². The third-order valence-electron chi connectivity index (χ3n) is 9.82. The quantitative estimate of drug-likeness (QED) is 0.207. The van der Waals surface area contributed by atoms with Gasteiger partial charge in [0, 0.05) is 49.3 Å². The first-order valence-electron chi connectivity index (χ1n) is 18.8. The number of esters is 2. The maximum absolute atomic E-state index is 13.4. The predicted molar refractivity (Wildman–Crippen MR) is 222 cm³/mol. The van der Waals surface area contributed by atoms with Crippen LogP contribution in [0.15, 0.2) is 107 Å². The summed E-state index contributed by atoms with van der Waals surface area (Å²) in [5.74, 6) is -0.910. The smallest absolute Gasteiger partial charge is 0.360 e. The van der Waals surface area contributed by atoms with Gasteiger partial charge in [-0.2, -0.15) is 0 Å². The highest BCUT2D eigenvalue weighted by Gasteiger charge is 2.39. The van der Waals surface area contributed by atoms with Crippen LogP contribution in [0, 0.1) is 10.8 Å². The molecule has 0 saturated carbocycles. The Labute approximate surface area is 336 Å². The largest absolute Gasteiger partial charge is 0.457 e. The Bertz CT molecular complexity index is 1790. The second-order valence-electron chi connectivity index (χ2n) is 14.8. The van der Waals surface area contributed by atoms with Crippen LogP contribution in [0.5, 0.6) is 0 Å². The van der Waals surface area contributed by atoms with Crippen molar-refractivity contribution in [2.45, 2.75) is 104 Å². The standard InChI is InChI=1S/C44H59N3O8S/c1-10-20-35(48)43(4,5)37-24-16-14-12-13-15-23-32(52-9)28-39-45-33(29-53-39)41(50)54-38(44(6,7)36(49)21-11-2)25-19-27-47(8)31(3)22-17-18-26-40-46-34(30-56-40)42(51)55-37/h10-23,26-27,29-32,35-38,48-49H,24-25,28H2,1-9H3/b13-12-,16-14-,20-10+,21-11+,22-17+,23-15+,26-18-,27-19-/t31-,32+,35+,36+,37+,38+/m1/s1. The van der Waals surface area contributed by atoms with Crippen LogP contribution in [0.1, 0.15) is 93.2 Å². The Morgan fingerprint density at radius 2 is 1.45 bits per heavy atom.